The molecule has 0 rings (SSSR count). The molecule has 0 aliphatic heterocycles. The van der Waals surface area contributed by atoms with E-state index in [2.05, 4.69) is 0 Å². The number of nitrogens with two attached hydrogens (primary N) is 2. The van der Waals surface area contributed by atoms with Gasteiger partial charge >= 0.3 is 24.3 Å². The molecule has 0 aromatic carbocycles. The van der Waals surface area contributed by atoms with Gasteiger partial charge in [-0.1, -0.05) is 13.8 Å². The van der Waals surface area contributed by atoms with Crippen LogP contribution in [0.3, 0.4) is 0 Å². The third-order valence-corrected chi connectivity index (χ3v) is 1.58. The van der Waals surface area contributed by atoms with Crippen molar-refractivity contribution in [3.8, 4) is 0 Å². The van der Waals surface area contributed by atoms with Gasteiger partial charge in [-0.2, -0.15) is 26.3 Å². The smallest absolute Gasteiger partial charge is 0.475 e. The molecule has 0 heterocycles. The lowest BCUT2D eigenvalue weighted by Gasteiger charge is -2.08. The molecule has 23 heavy (non-hydrogen) atoms. The molecule has 7 nitrogen and oxygen atoms in total. The van der Waals surface area contributed by atoms with Crippen LogP contribution in [0.25, 0.3) is 0 Å². The molecule has 0 radical (unpaired) electrons. The van der Waals surface area contributed by atoms with Gasteiger partial charge in [0.15, 0.2) is 0 Å². The van der Waals surface area contributed by atoms with Crippen molar-refractivity contribution in [1.29, 1.82) is 0 Å². The van der Waals surface area contributed by atoms with Crippen LogP contribution in [0.1, 0.15) is 20.3 Å². The molecule has 1 amide bonds. The van der Waals surface area contributed by atoms with Crippen LogP contribution in [0.15, 0.2) is 0 Å². The molecule has 0 aliphatic rings. The molecule has 0 saturated heterocycles. The van der Waals surface area contributed by atoms with E-state index in [9.17, 15) is 31.1 Å². The molecule has 1 atom stereocenters. The molecule has 138 valence electrons. The van der Waals surface area contributed by atoms with Crippen LogP contribution in [0.4, 0.5) is 26.3 Å². The number of carbonyl (C=O) groups excluding carboxylic acids is 1. The van der Waals surface area contributed by atoms with Crippen molar-refractivity contribution in [3.05, 3.63) is 0 Å². The monoisotopic (exact) mass is 358 g/mol. The van der Waals surface area contributed by atoms with E-state index in [4.69, 9.17) is 31.3 Å². The van der Waals surface area contributed by atoms with Gasteiger partial charge in [-0.3, -0.25) is 4.79 Å². The van der Waals surface area contributed by atoms with Gasteiger partial charge in [-0.25, -0.2) is 9.59 Å². The normalized spacial score (nSPS) is 12.3. The highest BCUT2D eigenvalue weighted by Crippen LogP contribution is 2.13. The van der Waals surface area contributed by atoms with Crippen molar-refractivity contribution in [3.63, 3.8) is 0 Å². The third kappa shape index (κ3) is 19.9. The number of hydrogen-bond acceptors (Lipinski definition) is 4. The molecule has 0 saturated carbocycles. The van der Waals surface area contributed by atoms with Crippen molar-refractivity contribution in [2.75, 3.05) is 0 Å². The second-order valence-corrected chi connectivity index (χ2v) is 4.24. The largest absolute Gasteiger partial charge is 0.490 e. The SMILES string of the molecule is CC(C)C[C@H](N)C(N)=O.O=C(O)C(F)(F)F.O=C(O)C(F)(F)F. The highest BCUT2D eigenvalue weighted by molar-refractivity contribution is 5.79. The van der Waals surface area contributed by atoms with Gasteiger partial charge in [-0.15, -0.1) is 0 Å². The average Bonchev–Trinajstić information content (AvgIpc) is 2.26. The van der Waals surface area contributed by atoms with Gasteiger partial charge in [0.25, 0.3) is 0 Å². The van der Waals surface area contributed by atoms with Gasteiger partial charge in [0.1, 0.15) is 0 Å². The zero-order chi connectivity index (χ0) is 19.6. The number of alkyl halides is 6. The second-order valence-electron chi connectivity index (χ2n) is 4.24. The minimum Gasteiger partial charge on any atom is -0.475 e. The summed E-state index contributed by atoms with van der Waals surface area (Å²) in [6.45, 7) is 4.01. The van der Waals surface area contributed by atoms with E-state index in [1.54, 1.807) is 0 Å². The van der Waals surface area contributed by atoms with Crippen molar-refractivity contribution in [2.45, 2.75) is 38.7 Å². The summed E-state index contributed by atoms with van der Waals surface area (Å²) in [5, 5.41) is 14.2. The van der Waals surface area contributed by atoms with E-state index < -0.39 is 36.2 Å². The van der Waals surface area contributed by atoms with E-state index in [-0.39, 0.29) is 0 Å². The summed E-state index contributed by atoms with van der Waals surface area (Å²) in [7, 11) is 0. The number of carbonyl (C=O) groups is 3. The molecule has 0 fully saturated rings. The van der Waals surface area contributed by atoms with E-state index in [0.29, 0.717) is 12.3 Å². The highest BCUT2D eigenvalue weighted by atomic mass is 19.4. The van der Waals surface area contributed by atoms with Crippen LogP contribution in [-0.4, -0.2) is 46.5 Å². The minimum atomic E-state index is -5.08. The van der Waals surface area contributed by atoms with Crippen LogP contribution >= 0.6 is 0 Å². The van der Waals surface area contributed by atoms with E-state index in [0.717, 1.165) is 0 Å². The van der Waals surface area contributed by atoms with Gasteiger partial charge < -0.3 is 21.7 Å². The van der Waals surface area contributed by atoms with Gasteiger partial charge in [0, 0.05) is 0 Å². The fraction of sp³-hybridized carbons (Fsp3) is 0.700. The zero-order valence-electron chi connectivity index (χ0n) is 11.9. The Labute approximate surface area is 126 Å². The first-order valence-corrected chi connectivity index (χ1v) is 5.58. The van der Waals surface area contributed by atoms with Crippen LogP contribution in [0.2, 0.25) is 0 Å². The molecular formula is C10H16F6N2O5. The maximum atomic E-state index is 10.6. The van der Waals surface area contributed by atoms with E-state index >= 15 is 0 Å². The Morgan fingerprint density at radius 1 is 0.913 bits per heavy atom. The van der Waals surface area contributed by atoms with Gasteiger partial charge in [-0.05, 0) is 12.3 Å². The summed E-state index contributed by atoms with van der Waals surface area (Å²) in [5.74, 6) is -5.49. The first-order chi connectivity index (χ1) is 9.92. The lowest BCUT2D eigenvalue weighted by atomic mass is 10.0. The Hall–Kier alpha value is -2.05. The molecule has 0 bridgehead atoms. The Morgan fingerprint density at radius 2 is 1.13 bits per heavy atom. The maximum Gasteiger partial charge on any atom is 0.490 e. The number of primary amides is 1. The van der Waals surface area contributed by atoms with Gasteiger partial charge in [0.2, 0.25) is 5.91 Å². The molecular weight excluding hydrogens is 342 g/mol. The molecule has 0 aliphatic carbocycles. The highest BCUT2D eigenvalue weighted by Gasteiger charge is 2.38. The number of carboxylic acid groups (broad SMARTS) is 2. The van der Waals surface area contributed by atoms with Crippen molar-refractivity contribution in [2.24, 2.45) is 17.4 Å². The number of aliphatic carboxylic acids is 2. The fourth-order valence-corrected chi connectivity index (χ4v) is 0.624. The topological polar surface area (TPSA) is 144 Å². The first-order valence-electron chi connectivity index (χ1n) is 5.58. The molecule has 0 unspecified atom stereocenters. The summed E-state index contributed by atoms with van der Waals surface area (Å²) in [6, 6.07) is -0.468. The quantitative estimate of drug-likeness (QED) is 0.557. The van der Waals surface area contributed by atoms with Crippen molar-refractivity contribution in [1.82, 2.24) is 0 Å². The summed E-state index contributed by atoms with van der Waals surface area (Å²) >= 11 is 0. The number of carboxylic acids is 2. The summed E-state index contributed by atoms with van der Waals surface area (Å²) < 4.78 is 63.5. The van der Waals surface area contributed by atoms with Crippen molar-refractivity contribution < 1.29 is 50.9 Å². The lowest BCUT2D eigenvalue weighted by molar-refractivity contribution is -0.193. The average molecular weight is 358 g/mol. The fourth-order valence-electron chi connectivity index (χ4n) is 0.624. The van der Waals surface area contributed by atoms with Crippen LogP contribution in [-0.2, 0) is 14.4 Å². The lowest BCUT2D eigenvalue weighted by Crippen LogP contribution is -2.37. The Bertz CT molecular complexity index is 370. The summed E-state index contributed by atoms with van der Waals surface area (Å²) in [5.41, 5.74) is 10.3. The number of rotatable bonds is 3. The number of halogens is 6. The standard InChI is InChI=1S/C6H14N2O.2C2HF3O2/c1-4(2)3-5(7)6(8)9;2*3-2(4,5)1(6)7/h4-5H,3,7H2,1-2H3,(H2,8,9);2*(H,6,7)/t5-;;/m0../s1. The third-order valence-electron chi connectivity index (χ3n) is 1.58. The van der Waals surface area contributed by atoms with Gasteiger partial charge in [0.05, 0.1) is 6.04 Å². The van der Waals surface area contributed by atoms with Crippen LogP contribution < -0.4 is 11.5 Å². The first kappa shape index (κ1) is 25.9. The predicted octanol–water partition coefficient (Wildman–Crippen LogP) is 1.11. The minimum absolute atomic E-state index is 0.413. The van der Waals surface area contributed by atoms with E-state index in [1.165, 1.54) is 0 Å². The maximum absolute atomic E-state index is 10.6. The number of hydrogen-bond donors (Lipinski definition) is 4. The summed E-state index contributed by atoms with van der Waals surface area (Å²) in [4.78, 5) is 28.1. The second kappa shape index (κ2) is 10.6. The van der Waals surface area contributed by atoms with Crippen LogP contribution in [0, 0.1) is 5.92 Å². The Kier molecular flexibility index (Phi) is 12.0. The number of amides is 1. The Morgan fingerprint density at radius 3 is 1.17 bits per heavy atom. The predicted molar refractivity (Wildman–Crippen MR) is 64.0 cm³/mol. The molecule has 0 aromatic heterocycles. The Balaban J connectivity index is -0.000000264. The van der Waals surface area contributed by atoms with Crippen molar-refractivity contribution >= 4 is 17.8 Å². The molecule has 13 heteroatoms. The zero-order valence-corrected chi connectivity index (χ0v) is 11.9. The van der Waals surface area contributed by atoms with E-state index in [1.807, 2.05) is 13.8 Å². The summed E-state index contributed by atoms with van der Waals surface area (Å²) in [6.07, 6.45) is -9.49. The molecule has 0 spiro atoms. The molecule has 6 N–H and O–H groups in total. The van der Waals surface area contributed by atoms with Crippen LogP contribution in [0.5, 0.6) is 0 Å². The molecule has 0 aromatic rings.